The summed E-state index contributed by atoms with van der Waals surface area (Å²) >= 11 is 0. The molecule has 0 spiro atoms. The molecule has 6 nitrogen and oxygen atoms in total. The number of hydrogen-bond donors (Lipinski definition) is 0. The van der Waals surface area contributed by atoms with Gasteiger partial charge < -0.3 is 28.4 Å². The van der Waals surface area contributed by atoms with Gasteiger partial charge in [0.05, 0.1) is 19.8 Å². The van der Waals surface area contributed by atoms with Gasteiger partial charge in [-0.05, 0) is 118 Å². The molecule has 284 valence electrons. The molecule has 3 aliphatic heterocycles. The maximum Gasteiger partial charge on any atom is 0.123 e. The van der Waals surface area contributed by atoms with E-state index < -0.39 is 0 Å². The van der Waals surface area contributed by atoms with Crippen molar-refractivity contribution in [2.75, 3.05) is 39.6 Å². The molecule has 3 saturated heterocycles. The van der Waals surface area contributed by atoms with Crippen molar-refractivity contribution < 1.29 is 28.4 Å². The van der Waals surface area contributed by atoms with Crippen LogP contribution in [0.3, 0.4) is 0 Å². The molecule has 4 unspecified atom stereocenters. The Balaban J connectivity index is 1.46. The molecule has 3 aliphatic rings. The van der Waals surface area contributed by atoms with Crippen LogP contribution in [-0.4, -0.2) is 58.0 Å². The Morgan fingerprint density at radius 2 is 0.808 bits per heavy atom. The van der Waals surface area contributed by atoms with Gasteiger partial charge in [0, 0.05) is 5.92 Å². The van der Waals surface area contributed by atoms with Crippen molar-refractivity contribution in [3.8, 4) is 17.2 Å². The van der Waals surface area contributed by atoms with Crippen molar-refractivity contribution in [3.05, 3.63) is 86.5 Å². The van der Waals surface area contributed by atoms with Crippen LogP contribution in [0.2, 0.25) is 0 Å². The fourth-order valence-electron chi connectivity index (χ4n) is 7.44. The van der Waals surface area contributed by atoms with Crippen LogP contribution in [0.15, 0.2) is 36.4 Å². The van der Waals surface area contributed by atoms with Crippen LogP contribution in [0, 0.1) is 20.8 Å². The van der Waals surface area contributed by atoms with Gasteiger partial charge in [-0.25, -0.2) is 0 Å². The van der Waals surface area contributed by atoms with Gasteiger partial charge in [0.1, 0.15) is 55.4 Å². The molecular weight excluding hydrogens is 649 g/mol. The summed E-state index contributed by atoms with van der Waals surface area (Å²) < 4.78 is 35.8. The van der Waals surface area contributed by atoms with Gasteiger partial charge in [0.2, 0.25) is 0 Å². The highest BCUT2D eigenvalue weighted by Gasteiger charge is 2.33. The molecule has 0 N–H and O–H groups in total. The van der Waals surface area contributed by atoms with E-state index in [2.05, 4.69) is 126 Å². The third kappa shape index (κ3) is 9.35. The molecule has 3 aromatic carbocycles. The van der Waals surface area contributed by atoms with Gasteiger partial charge in [-0.3, -0.25) is 0 Å². The van der Waals surface area contributed by atoms with Crippen LogP contribution in [0.5, 0.6) is 17.2 Å². The maximum absolute atomic E-state index is 6.45. The standard InChI is InChI=1S/C46H64O6/c1-27(34-18-38(44(5,6)7)41(15-28(34)2)50-24-31-21-47-31)14-37(35-19-39(45(8,9)10)42(16-29(35)3)51-25-32-22-48-32)36-20-40(46(11,12)13)43(17-30(36)4)52-26-33-23-49-33/h15-20,27,31-33,37H,14,21-26H2,1-13H3. The second-order valence-corrected chi connectivity index (χ2v) is 18.9. The first-order valence-electron chi connectivity index (χ1n) is 19.5. The number of benzene rings is 3. The Morgan fingerprint density at radius 3 is 1.10 bits per heavy atom. The highest BCUT2D eigenvalue weighted by molar-refractivity contribution is 5.54. The number of hydrogen-bond acceptors (Lipinski definition) is 6. The van der Waals surface area contributed by atoms with E-state index in [-0.39, 0.29) is 46.4 Å². The molecule has 6 heteroatoms. The number of aryl methyl sites for hydroxylation is 3. The third-order valence-electron chi connectivity index (χ3n) is 10.9. The van der Waals surface area contributed by atoms with Crippen molar-refractivity contribution in [3.63, 3.8) is 0 Å². The minimum absolute atomic E-state index is 0.0691. The Labute approximate surface area is 313 Å². The van der Waals surface area contributed by atoms with E-state index in [1.807, 2.05) is 0 Å². The monoisotopic (exact) mass is 712 g/mol. The first-order valence-corrected chi connectivity index (χ1v) is 19.5. The Bertz CT molecular complexity index is 1660. The van der Waals surface area contributed by atoms with Crippen LogP contribution in [0.4, 0.5) is 0 Å². The van der Waals surface area contributed by atoms with Gasteiger partial charge >= 0.3 is 0 Å². The van der Waals surface area contributed by atoms with Crippen molar-refractivity contribution >= 4 is 0 Å². The zero-order valence-electron chi connectivity index (χ0n) is 34.3. The van der Waals surface area contributed by atoms with Crippen molar-refractivity contribution in [2.45, 2.75) is 143 Å². The highest BCUT2D eigenvalue weighted by atomic mass is 16.6. The number of rotatable bonds is 14. The fraction of sp³-hybridized carbons (Fsp3) is 0.609. The van der Waals surface area contributed by atoms with Gasteiger partial charge in [-0.1, -0.05) is 87.4 Å². The van der Waals surface area contributed by atoms with Gasteiger partial charge in [-0.15, -0.1) is 0 Å². The van der Waals surface area contributed by atoms with E-state index in [1.165, 1.54) is 50.1 Å². The summed E-state index contributed by atoms with van der Waals surface area (Å²) in [4.78, 5) is 0. The summed E-state index contributed by atoms with van der Waals surface area (Å²) in [5, 5.41) is 0. The lowest BCUT2D eigenvalue weighted by Crippen LogP contribution is -2.20. The summed E-state index contributed by atoms with van der Waals surface area (Å²) in [6.07, 6.45) is 1.56. The normalized spacial score (nSPS) is 21.1. The lowest BCUT2D eigenvalue weighted by molar-refractivity contribution is 0.258. The highest BCUT2D eigenvalue weighted by Crippen LogP contribution is 2.46. The van der Waals surface area contributed by atoms with E-state index in [1.54, 1.807) is 0 Å². The maximum atomic E-state index is 6.45. The molecule has 0 bridgehead atoms. The second-order valence-electron chi connectivity index (χ2n) is 18.9. The van der Waals surface area contributed by atoms with Crippen molar-refractivity contribution in [1.29, 1.82) is 0 Å². The van der Waals surface area contributed by atoms with E-state index in [0.717, 1.165) is 43.5 Å². The molecule has 6 rings (SSSR count). The zero-order chi connectivity index (χ0) is 37.7. The van der Waals surface area contributed by atoms with Gasteiger partial charge in [0.15, 0.2) is 0 Å². The number of epoxide rings is 3. The Kier molecular flexibility index (Phi) is 10.9. The third-order valence-corrected chi connectivity index (χ3v) is 10.9. The molecule has 52 heavy (non-hydrogen) atoms. The van der Waals surface area contributed by atoms with E-state index in [9.17, 15) is 0 Å². The quantitative estimate of drug-likeness (QED) is 0.155. The first kappa shape index (κ1) is 38.7. The fourth-order valence-corrected chi connectivity index (χ4v) is 7.44. The molecule has 0 aliphatic carbocycles. The molecule has 3 heterocycles. The minimum Gasteiger partial charge on any atom is -0.490 e. The van der Waals surface area contributed by atoms with E-state index in [0.29, 0.717) is 19.8 Å². The van der Waals surface area contributed by atoms with Crippen LogP contribution in [0.25, 0.3) is 0 Å². The Hall–Kier alpha value is -3.06. The second kappa shape index (κ2) is 14.6. The number of ether oxygens (including phenoxy) is 6. The van der Waals surface area contributed by atoms with E-state index >= 15 is 0 Å². The lowest BCUT2D eigenvalue weighted by atomic mass is 9.74. The van der Waals surface area contributed by atoms with Crippen LogP contribution in [0.1, 0.15) is 138 Å². The summed E-state index contributed by atoms with van der Waals surface area (Å²) in [5.41, 5.74) is 11.3. The van der Waals surface area contributed by atoms with Crippen LogP contribution in [-0.2, 0) is 30.5 Å². The molecule has 0 radical (unpaired) electrons. The van der Waals surface area contributed by atoms with Gasteiger partial charge in [-0.2, -0.15) is 0 Å². The van der Waals surface area contributed by atoms with E-state index in [4.69, 9.17) is 28.4 Å². The average molecular weight is 713 g/mol. The average Bonchev–Trinajstić information content (AvgIpc) is 3.87. The molecule has 4 atom stereocenters. The molecule has 3 fully saturated rings. The largest absolute Gasteiger partial charge is 0.490 e. The van der Waals surface area contributed by atoms with Crippen LogP contribution >= 0.6 is 0 Å². The predicted molar refractivity (Wildman–Crippen MR) is 210 cm³/mol. The lowest BCUT2D eigenvalue weighted by Gasteiger charge is -2.32. The SMILES string of the molecule is Cc1cc(OCC2CO2)c(C(C)(C)C)cc1C(C)CC(c1cc(C(C)(C)C)c(OCC2CO2)cc1C)c1cc(C(C)(C)C)c(OCC2CO2)cc1C. The molecular formula is C46H64O6. The summed E-state index contributed by atoms with van der Waals surface area (Å²) in [6.45, 7) is 33.8. The minimum atomic E-state index is -0.105. The van der Waals surface area contributed by atoms with Crippen molar-refractivity contribution in [2.24, 2.45) is 0 Å². The molecule has 0 amide bonds. The molecule has 0 aromatic heterocycles. The Morgan fingerprint density at radius 1 is 0.519 bits per heavy atom. The topological polar surface area (TPSA) is 65.3 Å². The summed E-state index contributed by atoms with van der Waals surface area (Å²) in [7, 11) is 0. The summed E-state index contributed by atoms with van der Waals surface area (Å²) in [6, 6.07) is 14.1. The zero-order valence-corrected chi connectivity index (χ0v) is 34.3. The van der Waals surface area contributed by atoms with Gasteiger partial charge in [0.25, 0.3) is 0 Å². The molecule has 0 saturated carbocycles. The first-order chi connectivity index (χ1) is 24.3. The van der Waals surface area contributed by atoms with Crippen molar-refractivity contribution in [1.82, 2.24) is 0 Å². The molecule has 3 aromatic rings. The summed E-state index contributed by atoms with van der Waals surface area (Å²) in [5.74, 6) is 3.31. The van der Waals surface area contributed by atoms with Crippen LogP contribution < -0.4 is 14.2 Å². The smallest absolute Gasteiger partial charge is 0.123 e. The predicted octanol–water partition coefficient (Wildman–Crippen LogP) is 10.2.